The van der Waals surface area contributed by atoms with Crippen LogP contribution in [0, 0.1) is 5.92 Å². The van der Waals surface area contributed by atoms with Crippen LogP contribution >= 0.6 is 39.1 Å². The van der Waals surface area contributed by atoms with Crippen LogP contribution in [0.25, 0.3) is 0 Å². The van der Waals surface area contributed by atoms with Crippen LogP contribution in [0.1, 0.15) is 6.42 Å². The summed E-state index contributed by atoms with van der Waals surface area (Å²) in [4.78, 5) is 13.5. The Balaban J connectivity index is 2.24. The van der Waals surface area contributed by atoms with E-state index < -0.39 is 0 Å². The van der Waals surface area contributed by atoms with Crippen molar-refractivity contribution in [2.75, 3.05) is 17.3 Å². The zero-order chi connectivity index (χ0) is 11.7. The van der Waals surface area contributed by atoms with E-state index in [2.05, 4.69) is 15.9 Å². The van der Waals surface area contributed by atoms with Gasteiger partial charge < -0.3 is 4.90 Å². The molecule has 1 fully saturated rings. The quantitative estimate of drug-likeness (QED) is 0.760. The average molecular weight is 323 g/mol. The zero-order valence-corrected chi connectivity index (χ0v) is 11.5. The lowest BCUT2D eigenvalue weighted by molar-refractivity contribution is -0.117. The van der Waals surface area contributed by atoms with Crippen molar-refractivity contribution in [3.63, 3.8) is 0 Å². The minimum Gasteiger partial charge on any atom is -0.312 e. The summed E-state index contributed by atoms with van der Waals surface area (Å²) in [6.45, 7) is 0.691. The summed E-state index contributed by atoms with van der Waals surface area (Å²) < 4.78 is 0.800. The van der Waals surface area contributed by atoms with Crippen LogP contribution in [0.5, 0.6) is 0 Å². The van der Waals surface area contributed by atoms with E-state index in [4.69, 9.17) is 23.2 Å². The molecule has 16 heavy (non-hydrogen) atoms. The van der Waals surface area contributed by atoms with Gasteiger partial charge in [-0.3, -0.25) is 4.79 Å². The molecule has 1 aliphatic rings. The van der Waals surface area contributed by atoms with Gasteiger partial charge in [0.1, 0.15) is 0 Å². The molecular weight excluding hydrogens is 313 g/mol. The van der Waals surface area contributed by atoms with Crippen molar-refractivity contribution < 1.29 is 4.79 Å². The maximum Gasteiger partial charge on any atom is 0.227 e. The lowest BCUT2D eigenvalue weighted by Gasteiger charge is -2.17. The fourth-order valence-corrected chi connectivity index (χ4v) is 2.48. The molecule has 0 aromatic heterocycles. The van der Waals surface area contributed by atoms with Crippen molar-refractivity contribution in [2.24, 2.45) is 5.92 Å². The average Bonchev–Trinajstić information content (AvgIpc) is 2.64. The van der Waals surface area contributed by atoms with E-state index >= 15 is 0 Å². The van der Waals surface area contributed by atoms with Crippen molar-refractivity contribution >= 4 is 50.7 Å². The maximum absolute atomic E-state index is 11.8. The summed E-state index contributed by atoms with van der Waals surface area (Å²) in [5, 5.41) is 0.643. The summed E-state index contributed by atoms with van der Waals surface area (Å²) in [6, 6.07) is 5.49. The molecule has 2 nitrogen and oxygen atoms in total. The molecule has 1 unspecified atom stereocenters. The molecule has 0 saturated carbocycles. The lowest BCUT2D eigenvalue weighted by Crippen LogP contribution is -2.24. The Morgan fingerprint density at radius 2 is 2.25 bits per heavy atom. The Kier molecular flexibility index (Phi) is 3.77. The molecule has 86 valence electrons. The maximum atomic E-state index is 11.8. The van der Waals surface area contributed by atoms with Gasteiger partial charge >= 0.3 is 0 Å². The first-order chi connectivity index (χ1) is 7.61. The smallest absolute Gasteiger partial charge is 0.227 e. The SMILES string of the molecule is O=C1CC(CCl)CN1c1ccc(Cl)c(Br)c1. The number of nitrogens with zero attached hydrogens (tertiary/aromatic N) is 1. The first-order valence-corrected chi connectivity index (χ1v) is 6.63. The number of hydrogen-bond donors (Lipinski definition) is 0. The van der Waals surface area contributed by atoms with E-state index in [9.17, 15) is 4.79 Å². The fourth-order valence-electron chi connectivity index (χ4n) is 1.79. The first-order valence-electron chi connectivity index (χ1n) is 4.93. The third-order valence-corrected chi connectivity index (χ3v) is 4.29. The molecule has 1 heterocycles. The molecule has 1 aromatic carbocycles. The normalized spacial score (nSPS) is 20.6. The van der Waals surface area contributed by atoms with Crippen molar-refractivity contribution in [1.29, 1.82) is 0 Å². The Bertz CT molecular complexity index is 424. The molecule has 0 aliphatic carbocycles. The monoisotopic (exact) mass is 321 g/mol. The van der Waals surface area contributed by atoms with E-state index in [1.807, 2.05) is 12.1 Å². The highest BCUT2D eigenvalue weighted by atomic mass is 79.9. The van der Waals surface area contributed by atoms with Gasteiger partial charge in [0.2, 0.25) is 5.91 Å². The predicted molar refractivity (Wildman–Crippen MR) is 70.3 cm³/mol. The van der Waals surface area contributed by atoms with Gasteiger partial charge in [0.05, 0.1) is 5.02 Å². The van der Waals surface area contributed by atoms with Crippen LogP contribution < -0.4 is 4.90 Å². The van der Waals surface area contributed by atoms with Gasteiger partial charge in [-0.2, -0.15) is 0 Å². The van der Waals surface area contributed by atoms with Crippen LogP contribution in [-0.2, 0) is 4.79 Å². The number of amides is 1. The number of anilines is 1. The van der Waals surface area contributed by atoms with Gasteiger partial charge in [0.15, 0.2) is 0 Å². The summed E-state index contributed by atoms with van der Waals surface area (Å²) in [5.41, 5.74) is 0.869. The third kappa shape index (κ3) is 2.36. The molecule has 0 N–H and O–H groups in total. The first kappa shape index (κ1) is 12.2. The van der Waals surface area contributed by atoms with E-state index in [1.54, 1.807) is 11.0 Å². The molecular formula is C11H10BrCl2NO. The second-order valence-electron chi connectivity index (χ2n) is 3.83. The van der Waals surface area contributed by atoms with Crippen LogP contribution in [-0.4, -0.2) is 18.3 Å². The van der Waals surface area contributed by atoms with Crippen LogP contribution in [0.3, 0.4) is 0 Å². The number of halogens is 3. The number of rotatable bonds is 2. The number of benzene rings is 1. The van der Waals surface area contributed by atoms with Crippen LogP contribution in [0.15, 0.2) is 22.7 Å². The second-order valence-corrected chi connectivity index (χ2v) is 5.40. The van der Waals surface area contributed by atoms with Gasteiger partial charge in [0.25, 0.3) is 0 Å². The second kappa shape index (κ2) is 4.94. The molecule has 1 aliphatic heterocycles. The van der Waals surface area contributed by atoms with Gasteiger partial charge in [-0.1, -0.05) is 11.6 Å². The summed E-state index contributed by atoms with van der Waals surface area (Å²) in [7, 11) is 0. The highest BCUT2D eigenvalue weighted by Crippen LogP contribution is 2.31. The Hall–Kier alpha value is -0.250. The molecule has 1 atom stereocenters. The highest BCUT2D eigenvalue weighted by molar-refractivity contribution is 9.10. The van der Waals surface area contributed by atoms with E-state index in [0.717, 1.165) is 10.2 Å². The van der Waals surface area contributed by atoms with E-state index in [1.165, 1.54) is 0 Å². The van der Waals surface area contributed by atoms with E-state index in [-0.39, 0.29) is 11.8 Å². The lowest BCUT2D eigenvalue weighted by atomic mass is 10.1. The Morgan fingerprint density at radius 3 is 2.81 bits per heavy atom. The van der Waals surface area contributed by atoms with Gasteiger partial charge in [-0.25, -0.2) is 0 Å². The van der Waals surface area contributed by atoms with E-state index in [0.29, 0.717) is 23.9 Å². The standard InChI is InChI=1S/C11H10BrCl2NO/c12-9-4-8(1-2-10(9)14)15-6-7(5-13)3-11(15)16/h1-2,4,7H,3,5-6H2. The van der Waals surface area contributed by atoms with Crippen molar-refractivity contribution in [3.05, 3.63) is 27.7 Å². The summed E-state index contributed by atoms with van der Waals surface area (Å²) >= 11 is 15.0. The Labute approximate surface area is 113 Å². The molecule has 1 saturated heterocycles. The number of carbonyl (C=O) groups is 1. The largest absolute Gasteiger partial charge is 0.312 e. The predicted octanol–water partition coefficient (Wildman–Crippen LogP) is 3.69. The highest BCUT2D eigenvalue weighted by Gasteiger charge is 2.29. The van der Waals surface area contributed by atoms with Gasteiger partial charge in [0, 0.05) is 29.0 Å². The van der Waals surface area contributed by atoms with Crippen molar-refractivity contribution in [1.82, 2.24) is 0 Å². The van der Waals surface area contributed by atoms with Crippen molar-refractivity contribution in [2.45, 2.75) is 6.42 Å². The molecule has 1 aromatic rings. The van der Waals surface area contributed by atoms with Gasteiger partial charge in [-0.05, 0) is 40.0 Å². The minimum atomic E-state index is 0.125. The zero-order valence-electron chi connectivity index (χ0n) is 8.42. The molecule has 0 radical (unpaired) electrons. The molecule has 0 bridgehead atoms. The van der Waals surface area contributed by atoms with Crippen LogP contribution in [0.4, 0.5) is 5.69 Å². The van der Waals surface area contributed by atoms with Crippen LogP contribution in [0.2, 0.25) is 5.02 Å². The summed E-state index contributed by atoms with van der Waals surface area (Å²) in [5.74, 6) is 0.903. The van der Waals surface area contributed by atoms with Gasteiger partial charge in [-0.15, -0.1) is 11.6 Å². The topological polar surface area (TPSA) is 20.3 Å². The minimum absolute atomic E-state index is 0.125. The fraction of sp³-hybridized carbons (Fsp3) is 0.364. The third-order valence-electron chi connectivity index (χ3n) is 2.64. The molecule has 1 amide bonds. The summed E-state index contributed by atoms with van der Waals surface area (Å²) in [6.07, 6.45) is 0.531. The number of alkyl halides is 1. The number of carbonyl (C=O) groups excluding carboxylic acids is 1. The molecule has 5 heteroatoms. The van der Waals surface area contributed by atoms with Crippen molar-refractivity contribution in [3.8, 4) is 0 Å². The molecule has 2 rings (SSSR count). The molecule has 0 spiro atoms. The Morgan fingerprint density at radius 1 is 1.50 bits per heavy atom. The number of hydrogen-bond acceptors (Lipinski definition) is 1.